The molecule has 4 heteroatoms. The van der Waals surface area contributed by atoms with Crippen LogP contribution in [0.15, 0.2) is 29.5 Å². The van der Waals surface area contributed by atoms with Crippen molar-refractivity contribution in [1.82, 2.24) is 10.4 Å². The summed E-state index contributed by atoms with van der Waals surface area (Å²) in [6.07, 6.45) is 1.81. The summed E-state index contributed by atoms with van der Waals surface area (Å²) in [6, 6.07) is 5.94. The van der Waals surface area contributed by atoms with Crippen LogP contribution in [0.5, 0.6) is 0 Å². The first-order chi connectivity index (χ1) is 6.77. The Morgan fingerprint density at radius 2 is 2.29 bits per heavy atom. The molecule has 1 unspecified atom stereocenters. The molecule has 1 aromatic rings. The molecule has 0 radical (unpaired) electrons. The number of thioether (sulfide) groups is 1. The summed E-state index contributed by atoms with van der Waals surface area (Å²) >= 11 is 1.75. The van der Waals surface area contributed by atoms with Gasteiger partial charge in [0.1, 0.15) is 5.37 Å². The maximum Gasteiger partial charge on any atom is 0.137 e. The Bertz CT molecular complexity index is 334. The first-order valence-corrected chi connectivity index (χ1v) is 5.56. The molecule has 0 aliphatic carbocycles. The van der Waals surface area contributed by atoms with Gasteiger partial charge in [-0.2, -0.15) is 5.10 Å². The minimum Gasteiger partial charge on any atom is -0.290 e. The van der Waals surface area contributed by atoms with Crippen molar-refractivity contribution in [2.45, 2.75) is 19.2 Å². The first kappa shape index (κ1) is 9.52. The van der Waals surface area contributed by atoms with Crippen molar-refractivity contribution in [1.29, 1.82) is 0 Å². The fraction of sp³-hybridized carbons (Fsp3) is 0.400. The largest absolute Gasteiger partial charge is 0.290 e. The van der Waals surface area contributed by atoms with E-state index in [1.54, 1.807) is 11.8 Å². The number of nitrogens with zero attached hydrogens (tertiary/aromatic N) is 2. The monoisotopic (exact) mass is 207 g/mol. The summed E-state index contributed by atoms with van der Waals surface area (Å²) in [6.45, 7) is 4.29. The summed E-state index contributed by atoms with van der Waals surface area (Å²) in [4.78, 5) is 4.30. The van der Waals surface area contributed by atoms with Gasteiger partial charge in [-0.15, -0.1) is 0 Å². The van der Waals surface area contributed by atoms with Crippen LogP contribution in [-0.2, 0) is 0 Å². The van der Waals surface area contributed by atoms with Crippen LogP contribution in [0, 0.1) is 5.92 Å². The highest BCUT2D eigenvalue weighted by Gasteiger charge is 2.23. The van der Waals surface area contributed by atoms with Crippen LogP contribution in [0.4, 0.5) is 0 Å². The van der Waals surface area contributed by atoms with Gasteiger partial charge in [-0.05, 0) is 12.1 Å². The van der Waals surface area contributed by atoms with Crippen molar-refractivity contribution in [3.8, 4) is 0 Å². The second-order valence-corrected chi connectivity index (χ2v) is 4.61. The Morgan fingerprint density at radius 3 is 2.86 bits per heavy atom. The van der Waals surface area contributed by atoms with Crippen LogP contribution >= 0.6 is 11.8 Å². The number of hydrogen-bond donors (Lipinski definition) is 1. The molecule has 0 saturated carbocycles. The van der Waals surface area contributed by atoms with Crippen LogP contribution in [0.25, 0.3) is 0 Å². The Hall–Kier alpha value is -1.03. The number of nitrogens with one attached hydrogen (secondary N) is 1. The normalized spacial score (nSPS) is 20.8. The molecule has 1 aromatic heterocycles. The Kier molecular flexibility index (Phi) is 2.72. The molecule has 74 valence electrons. The first-order valence-electron chi connectivity index (χ1n) is 4.68. The highest BCUT2D eigenvalue weighted by molar-refractivity contribution is 8.14. The van der Waals surface area contributed by atoms with E-state index in [2.05, 4.69) is 29.4 Å². The van der Waals surface area contributed by atoms with Crippen LogP contribution in [0.2, 0.25) is 0 Å². The zero-order valence-corrected chi connectivity index (χ0v) is 9.08. The fourth-order valence-electron chi connectivity index (χ4n) is 1.22. The maximum absolute atomic E-state index is 4.30. The molecule has 14 heavy (non-hydrogen) atoms. The lowest BCUT2D eigenvalue weighted by Crippen LogP contribution is -2.07. The van der Waals surface area contributed by atoms with E-state index >= 15 is 0 Å². The number of hydrazone groups is 1. The second-order valence-electron chi connectivity index (χ2n) is 3.49. The van der Waals surface area contributed by atoms with Gasteiger partial charge in [-0.1, -0.05) is 31.7 Å². The van der Waals surface area contributed by atoms with Gasteiger partial charge in [0, 0.05) is 12.1 Å². The van der Waals surface area contributed by atoms with Gasteiger partial charge < -0.3 is 0 Å². The van der Waals surface area contributed by atoms with Gasteiger partial charge in [0.2, 0.25) is 0 Å². The van der Waals surface area contributed by atoms with E-state index in [1.807, 2.05) is 24.4 Å². The molecular formula is C10H13N3S. The molecule has 0 amide bonds. The molecule has 0 fully saturated rings. The van der Waals surface area contributed by atoms with Gasteiger partial charge in [-0.3, -0.25) is 10.4 Å². The van der Waals surface area contributed by atoms with Crippen LogP contribution in [0.1, 0.15) is 24.9 Å². The average Bonchev–Trinajstić information content (AvgIpc) is 2.68. The van der Waals surface area contributed by atoms with E-state index < -0.39 is 0 Å². The lowest BCUT2D eigenvalue weighted by molar-refractivity contribution is 0.718. The molecule has 1 N–H and O–H groups in total. The summed E-state index contributed by atoms with van der Waals surface area (Å²) in [5, 5.41) is 5.62. The fourth-order valence-corrected chi connectivity index (χ4v) is 2.20. The Labute approximate surface area is 88.0 Å². The van der Waals surface area contributed by atoms with Crippen LogP contribution < -0.4 is 5.43 Å². The van der Waals surface area contributed by atoms with Crippen molar-refractivity contribution in [2.24, 2.45) is 11.0 Å². The topological polar surface area (TPSA) is 37.3 Å². The third-order valence-electron chi connectivity index (χ3n) is 1.98. The number of hydrogen-bond acceptors (Lipinski definition) is 4. The molecule has 2 rings (SSSR count). The molecule has 1 aliphatic rings. The van der Waals surface area contributed by atoms with Crippen molar-refractivity contribution < 1.29 is 0 Å². The SMILES string of the molecule is CC(C)C1=NNC(c2ccccn2)S1. The standard InChI is InChI=1S/C10H13N3S/c1-7(2)9-12-13-10(14-9)8-5-3-4-6-11-8/h3-7,10,13H,1-2H3. The molecule has 0 spiro atoms. The van der Waals surface area contributed by atoms with E-state index in [-0.39, 0.29) is 5.37 Å². The van der Waals surface area contributed by atoms with Gasteiger partial charge in [0.05, 0.1) is 10.7 Å². The lowest BCUT2D eigenvalue weighted by atomic mass is 10.2. The van der Waals surface area contributed by atoms with Crippen molar-refractivity contribution in [2.75, 3.05) is 0 Å². The smallest absolute Gasteiger partial charge is 0.137 e. The van der Waals surface area contributed by atoms with E-state index in [1.165, 1.54) is 0 Å². The van der Waals surface area contributed by atoms with Crippen LogP contribution in [-0.4, -0.2) is 10.0 Å². The zero-order chi connectivity index (χ0) is 9.97. The van der Waals surface area contributed by atoms with E-state index in [4.69, 9.17) is 0 Å². The van der Waals surface area contributed by atoms with E-state index in [0.29, 0.717) is 5.92 Å². The molecule has 0 saturated heterocycles. The maximum atomic E-state index is 4.30. The van der Waals surface area contributed by atoms with Gasteiger partial charge >= 0.3 is 0 Å². The molecule has 0 aromatic carbocycles. The van der Waals surface area contributed by atoms with Gasteiger partial charge in [0.15, 0.2) is 0 Å². The summed E-state index contributed by atoms with van der Waals surface area (Å²) < 4.78 is 0. The summed E-state index contributed by atoms with van der Waals surface area (Å²) in [7, 11) is 0. The van der Waals surface area contributed by atoms with Crippen molar-refractivity contribution in [3.63, 3.8) is 0 Å². The van der Waals surface area contributed by atoms with Crippen molar-refractivity contribution in [3.05, 3.63) is 30.1 Å². The number of aromatic nitrogens is 1. The lowest BCUT2D eigenvalue weighted by Gasteiger charge is -2.08. The molecular weight excluding hydrogens is 194 g/mol. The van der Waals surface area contributed by atoms with Crippen LogP contribution in [0.3, 0.4) is 0 Å². The second kappa shape index (κ2) is 4.00. The summed E-state index contributed by atoms with van der Waals surface area (Å²) in [5.41, 5.74) is 4.13. The predicted octanol–water partition coefficient (Wildman–Crippen LogP) is 2.39. The van der Waals surface area contributed by atoms with Gasteiger partial charge in [0.25, 0.3) is 0 Å². The third kappa shape index (κ3) is 1.90. The minimum atomic E-state index is 0.189. The number of pyridine rings is 1. The van der Waals surface area contributed by atoms with Gasteiger partial charge in [-0.25, -0.2) is 0 Å². The van der Waals surface area contributed by atoms with E-state index in [9.17, 15) is 0 Å². The summed E-state index contributed by atoms with van der Waals surface area (Å²) in [5.74, 6) is 0.487. The number of rotatable bonds is 2. The third-order valence-corrected chi connectivity index (χ3v) is 3.37. The Balaban J connectivity index is 2.06. The Morgan fingerprint density at radius 1 is 1.43 bits per heavy atom. The molecule has 2 heterocycles. The van der Waals surface area contributed by atoms with E-state index in [0.717, 1.165) is 10.7 Å². The average molecular weight is 207 g/mol. The highest BCUT2D eigenvalue weighted by atomic mass is 32.2. The quantitative estimate of drug-likeness (QED) is 0.809. The molecule has 1 atom stereocenters. The molecule has 1 aliphatic heterocycles. The molecule has 3 nitrogen and oxygen atoms in total. The van der Waals surface area contributed by atoms with Crippen molar-refractivity contribution >= 4 is 16.8 Å². The predicted molar refractivity (Wildman–Crippen MR) is 60.0 cm³/mol. The molecule has 0 bridgehead atoms. The highest BCUT2D eigenvalue weighted by Crippen LogP contribution is 2.32. The minimum absolute atomic E-state index is 0.189. The zero-order valence-electron chi connectivity index (χ0n) is 8.27.